The lowest BCUT2D eigenvalue weighted by molar-refractivity contribution is -0.192. The Kier molecular flexibility index (Phi) is 6.49. The normalized spacial score (nSPS) is 19.1. The zero-order valence-electron chi connectivity index (χ0n) is 17.1. The van der Waals surface area contributed by atoms with Gasteiger partial charge in [-0.1, -0.05) is 37.3 Å². The molecule has 0 radical (unpaired) electrons. The van der Waals surface area contributed by atoms with E-state index in [-0.39, 0.29) is 5.41 Å². The molecule has 4 rings (SSSR count). The Morgan fingerprint density at radius 1 is 1.29 bits per heavy atom. The maximum absolute atomic E-state index is 10.6. The Bertz CT molecular complexity index is 1040. The predicted molar refractivity (Wildman–Crippen MR) is 110 cm³/mol. The molecule has 0 aliphatic carbocycles. The van der Waals surface area contributed by atoms with E-state index < -0.39 is 12.1 Å². The van der Waals surface area contributed by atoms with E-state index in [1.807, 2.05) is 36.4 Å². The second-order valence-electron chi connectivity index (χ2n) is 7.87. The van der Waals surface area contributed by atoms with Crippen molar-refractivity contribution >= 4 is 22.9 Å². The second-order valence-corrected chi connectivity index (χ2v) is 7.87. The summed E-state index contributed by atoms with van der Waals surface area (Å²) in [5.41, 5.74) is 1.95. The highest BCUT2D eigenvalue weighted by atomic mass is 19.4. The summed E-state index contributed by atoms with van der Waals surface area (Å²) in [5.74, 6) is -1.09. The van der Waals surface area contributed by atoms with Crippen molar-refractivity contribution in [2.45, 2.75) is 19.5 Å². The third kappa shape index (κ3) is 5.72. The summed E-state index contributed by atoms with van der Waals surface area (Å²) in [6.45, 7) is 5.48. The maximum Gasteiger partial charge on any atom is 0.490 e. The van der Waals surface area contributed by atoms with Crippen LogP contribution in [0.3, 0.4) is 0 Å². The van der Waals surface area contributed by atoms with Crippen molar-refractivity contribution in [2.24, 2.45) is 5.41 Å². The standard InChI is InChI=1S/C19H22N4O.C2HF3O2/c1-19(8-9-23(2)12-19)11-20-17-15-10-16(14-6-4-3-5-7-14)24-18(15)22-13-21-17;3-2(4,5)1(6)7/h3-7,10,13H,8-9,11-12H2,1-2H3,(H,20,21,22);(H,6,7). The first-order chi connectivity index (χ1) is 14.6. The smallest absolute Gasteiger partial charge is 0.475 e. The largest absolute Gasteiger partial charge is 0.490 e. The third-order valence-electron chi connectivity index (χ3n) is 5.06. The van der Waals surface area contributed by atoms with Crippen LogP contribution in [-0.4, -0.2) is 58.8 Å². The molecule has 1 unspecified atom stereocenters. The first-order valence-electron chi connectivity index (χ1n) is 9.60. The number of likely N-dealkylation sites (tertiary alicyclic amines) is 1. The van der Waals surface area contributed by atoms with Crippen LogP contribution in [0.5, 0.6) is 0 Å². The van der Waals surface area contributed by atoms with Crippen LogP contribution in [0.25, 0.3) is 22.4 Å². The summed E-state index contributed by atoms with van der Waals surface area (Å²) in [4.78, 5) is 20.0. The average molecular weight is 436 g/mol. The van der Waals surface area contributed by atoms with Crippen molar-refractivity contribution in [2.75, 3.05) is 32.0 Å². The highest BCUT2D eigenvalue weighted by Gasteiger charge is 2.38. The molecule has 31 heavy (non-hydrogen) atoms. The first-order valence-corrected chi connectivity index (χ1v) is 9.60. The van der Waals surface area contributed by atoms with Crippen LogP contribution in [0.4, 0.5) is 19.0 Å². The van der Waals surface area contributed by atoms with Crippen LogP contribution in [0.15, 0.2) is 47.1 Å². The molecule has 1 saturated heterocycles. The molecule has 3 heterocycles. The van der Waals surface area contributed by atoms with Gasteiger partial charge < -0.3 is 19.7 Å². The molecule has 3 aromatic rings. The molecule has 0 amide bonds. The number of carbonyl (C=O) groups is 1. The van der Waals surface area contributed by atoms with Gasteiger partial charge in [0.15, 0.2) is 0 Å². The molecule has 10 heteroatoms. The number of nitrogens with zero attached hydrogens (tertiary/aromatic N) is 3. The third-order valence-corrected chi connectivity index (χ3v) is 5.06. The number of aliphatic carboxylic acids is 1. The van der Waals surface area contributed by atoms with Crippen LogP contribution in [0.2, 0.25) is 0 Å². The van der Waals surface area contributed by atoms with E-state index in [1.54, 1.807) is 6.33 Å². The molecule has 0 saturated carbocycles. The van der Waals surface area contributed by atoms with Gasteiger partial charge >= 0.3 is 12.1 Å². The Labute approximate surface area is 176 Å². The quantitative estimate of drug-likeness (QED) is 0.631. The number of anilines is 1. The number of furan rings is 1. The molecule has 2 aromatic heterocycles. The molecule has 1 fully saturated rings. The van der Waals surface area contributed by atoms with Crippen molar-refractivity contribution in [3.63, 3.8) is 0 Å². The molecule has 2 N–H and O–H groups in total. The summed E-state index contributed by atoms with van der Waals surface area (Å²) in [6.07, 6.45) is -2.32. The highest BCUT2D eigenvalue weighted by molar-refractivity contribution is 5.89. The minimum absolute atomic E-state index is 0.276. The van der Waals surface area contributed by atoms with Crippen molar-refractivity contribution < 1.29 is 27.5 Å². The lowest BCUT2D eigenvalue weighted by Gasteiger charge is -2.24. The number of hydrogen-bond donors (Lipinski definition) is 2. The molecule has 1 aliphatic rings. The van der Waals surface area contributed by atoms with E-state index in [9.17, 15) is 13.2 Å². The average Bonchev–Trinajstić information content (AvgIpc) is 3.30. The molecule has 7 nitrogen and oxygen atoms in total. The first kappa shape index (κ1) is 22.5. The fourth-order valence-corrected chi connectivity index (χ4v) is 3.45. The van der Waals surface area contributed by atoms with Crippen molar-refractivity contribution in [3.05, 3.63) is 42.7 Å². The van der Waals surface area contributed by atoms with Crippen molar-refractivity contribution in [1.29, 1.82) is 0 Å². The van der Waals surface area contributed by atoms with Crippen LogP contribution in [-0.2, 0) is 4.79 Å². The topological polar surface area (TPSA) is 91.5 Å². The van der Waals surface area contributed by atoms with E-state index in [1.165, 1.54) is 6.42 Å². The molecule has 166 valence electrons. The molecule has 1 aliphatic heterocycles. The van der Waals surface area contributed by atoms with E-state index in [0.717, 1.165) is 42.2 Å². The number of carboxylic acids is 1. The zero-order chi connectivity index (χ0) is 22.6. The SMILES string of the molecule is CN1CCC(C)(CNc2ncnc3oc(-c4ccccc4)cc23)C1.O=C(O)C(F)(F)F. The van der Waals surface area contributed by atoms with Gasteiger partial charge in [-0.3, -0.25) is 0 Å². The second kappa shape index (κ2) is 8.93. The Morgan fingerprint density at radius 2 is 1.97 bits per heavy atom. The summed E-state index contributed by atoms with van der Waals surface area (Å²) >= 11 is 0. The van der Waals surface area contributed by atoms with Gasteiger partial charge in [-0.05, 0) is 31.5 Å². The fourth-order valence-electron chi connectivity index (χ4n) is 3.45. The van der Waals surface area contributed by atoms with Crippen molar-refractivity contribution in [3.8, 4) is 11.3 Å². The van der Waals surface area contributed by atoms with Gasteiger partial charge in [-0.15, -0.1) is 0 Å². The number of halogens is 3. The minimum Gasteiger partial charge on any atom is -0.475 e. The number of alkyl halides is 3. The Hall–Kier alpha value is -3.14. The molecule has 0 bridgehead atoms. The highest BCUT2D eigenvalue weighted by Crippen LogP contribution is 2.32. The number of nitrogens with one attached hydrogen (secondary N) is 1. The van der Waals surface area contributed by atoms with E-state index >= 15 is 0 Å². The van der Waals surface area contributed by atoms with Gasteiger partial charge in [0.1, 0.15) is 17.9 Å². The number of fused-ring (bicyclic) bond motifs is 1. The van der Waals surface area contributed by atoms with Crippen molar-refractivity contribution in [1.82, 2.24) is 14.9 Å². The van der Waals surface area contributed by atoms with Gasteiger partial charge in [0.25, 0.3) is 0 Å². The molecule has 1 atom stereocenters. The van der Waals surface area contributed by atoms with Gasteiger partial charge in [0.05, 0.1) is 5.39 Å². The number of benzene rings is 1. The minimum atomic E-state index is -5.08. The van der Waals surface area contributed by atoms with E-state index in [4.69, 9.17) is 14.3 Å². The van der Waals surface area contributed by atoms with Gasteiger partial charge in [-0.25, -0.2) is 14.8 Å². The summed E-state index contributed by atoms with van der Waals surface area (Å²) in [6, 6.07) is 12.1. The predicted octanol–water partition coefficient (Wildman–Crippen LogP) is 4.28. The Balaban J connectivity index is 0.000000339. The summed E-state index contributed by atoms with van der Waals surface area (Å²) in [5, 5.41) is 11.6. The van der Waals surface area contributed by atoms with E-state index in [2.05, 4.69) is 34.2 Å². The molecular formula is C21H23F3N4O3. The summed E-state index contributed by atoms with van der Waals surface area (Å²) < 4.78 is 37.6. The number of aromatic nitrogens is 2. The molecule has 0 spiro atoms. The molecular weight excluding hydrogens is 413 g/mol. The lowest BCUT2D eigenvalue weighted by Crippen LogP contribution is -2.29. The maximum atomic E-state index is 10.6. The zero-order valence-corrected chi connectivity index (χ0v) is 17.1. The summed E-state index contributed by atoms with van der Waals surface area (Å²) in [7, 11) is 2.18. The number of rotatable bonds is 4. The van der Waals surface area contributed by atoms with Crippen LogP contribution in [0.1, 0.15) is 13.3 Å². The van der Waals surface area contributed by atoms with Crippen LogP contribution in [0, 0.1) is 5.41 Å². The molecule has 1 aromatic carbocycles. The van der Waals surface area contributed by atoms with Gasteiger partial charge in [-0.2, -0.15) is 13.2 Å². The fraction of sp³-hybridized carbons (Fsp3) is 0.381. The van der Waals surface area contributed by atoms with Gasteiger partial charge in [0.2, 0.25) is 5.71 Å². The monoisotopic (exact) mass is 436 g/mol. The van der Waals surface area contributed by atoms with Crippen LogP contribution >= 0.6 is 0 Å². The van der Waals surface area contributed by atoms with Crippen LogP contribution < -0.4 is 5.32 Å². The number of hydrogen-bond acceptors (Lipinski definition) is 6. The van der Waals surface area contributed by atoms with Gasteiger partial charge in [0, 0.05) is 18.7 Å². The Morgan fingerprint density at radius 3 is 2.55 bits per heavy atom. The lowest BCUT2D eigenvalue weighted by atomic mass is 9.90. The number of carboxylic acid groups (broad SMARTS) is 1. The van der Waals surface area contributed by atoms with E-state index in [0.29, 0.717) is 5.71 Å².